The molecule has 1 aliphatic carbocycles. The van der Waals surface area contributed by atoms with E-state index in [0.717, 1.165) is 37.1 Å². The molecule has 0 unspecified atom stereocenters. The summed E-state index contributed by atoms with van der Waals surface area (Å²) in [5, 5.41) is 3.05. The van der Waals surface area contributed by atoms with Gasteiger partial charge in [-0.25, -0.2) is 19.2 Å². The highest BCUT2D eigenvalue weighted by atomic mass is 19.1. The standard InChI is InChI=1S/C23H20FN5O3/c24-16-5-3-15(4-6-16)21(30)28-23(10-11-23)19-8-7-18-17(27-19)2-1-13-29(18)22(31)32-20-9-12-25-14-26-20/h3-9,12,14H,1-2,10-11,13H2,(H,28,30). The summed E-state index contributed by atoms with van der Waals surface area (Å²) in [5.41, 5.74) is 2.10. The molecule has 1 N–H and O–H groups in total. The Kier molecular flexibility index (Phi) is 5.01. The van der Waals surface area contributed by atoms with E-state index in [1.807, 2.05) is 12.1 Å². The van der Waals surface area contributed by atoms with Crippen LogP contribution in [-0.4, -0.2) is 33.5 Å². The lowest BCUT2D eigenvalue weighted by atomic mass is 10.0. The monoisotopic (exact) mass is 433 g/mol. The molecule has 9 heteroatoms. The minimum atomic E-state index is -0.537. The Labute approximate surface area is 183 Å². The van der Waals surface area contributed by atoms with Crippen molar-refractivity contribution >= 4 is 17.7 Å². The van der Waals surface area contributed by atoms with Gasteiger partial charge in [0.15, 0.2) is 0 Å². The lowest BCUT2D eigenvalue weighted by molar-refractivity contribution is 0.0929. The first-order valence-corrected chi connectivity index (χ1v) is 10.4. The van der Waals surface area contributed by atoms with Crippen LogP contribution < -0.4 is 15.0 Å². The molecule has 0 spiro atoms. The number of pyridine rings is 1. The molecule has 162 valence electrons. The van der Waals surface area contributed by atoms with E-state index in [2.05, 4.69) is 15.3 Å². The number of hydrogen-bond acceptors (Lipinski definition) is 6. The molecular weight excluding hydrogens is 413 g/mol. The van der Waals surface area contributed by atoms with Gasteiger partial charge in [-0.15, -0.1) is 0 Å². The van der Waals surface area contributed by atoms with Crippen molar-refractivity contribution in [3.63, 3.8) is 0 Å². The molecule has 0 atom stereocenters. The Morgan fingerprint density at radius 1 is 1.09 bits per heavy atom. The van der Waals surface area contributed by atoms with Crippen molar-refractivity contribution < 1.29 is 18.7 Å². The Morgan fingerprint density at radius 2 is 1.91 bits per heavy atom. The zero-order valence-electron chi connectivity index (χ0n) is 17.1. The smallest absolute Gasteiger partial charge is 0.391 e. The number of fused-ring (bicyclic) bond motifs is 1. The number of aromatic nitrogens is 3. The van der Waals surface area contributed by atoms with Gasteiger partial charge in [-0.05, 0) is 62.1 Å². The van der Waals surface area contributed by atoms with Gasteiger partial charge in [-0.1, -0.05) is 0 Å². The highest BCUT2D eigenvalue weighted by molar-refractivity contribution is 5.95. The van der Waals surface area contributed by atoms with Gasteiger partial charge in [0.2, 0.25) is 5.88 Å². The van der Waals surface area contributed by atoms with Gasteiger partial charge >= 0.3 is 6.09 Å². The first-order chi connectivity index (χ1) is 15.5. The fourth-order valence-corrected chi connectivity index (χ4v) is 3.85. The fraction of sp³-hybridized carbons (Fsp3) is 0.261. The Bertz CT molecular complexity index is 1170. The first-order valence-electron chi connectivity index (χ1n) is 10.4. The molecule has 3 heterocycles. The number of anilines is 1. The van der Waals surface area contributed by atoms with E-state index in [-0.39, 0.29) is 17.6 Å². The summed E-state index contributed by atoms with van der Waals surface area (Å²) in [6.07, 6.45) is 5.31. The highest BCUT2D eigenvalue weighted by Gasteiger charge is 2.47. The minimum absolute atomic E-state index is 0.183. The summed E-state index contributed by atoms with van der Waals surface area (Å²) in [5.74, 6) is -0.471. The van der Waals surface area contributed by atoms with E-state index in [4.69, 9.17) is 9.72 Å². The zero-order valence-corrected chi connectivity index (χ0v) is 17.1. The van der Waals surface area contributed by atoms with Crippen molar-refractivity contribution in [1.82, 2.24) is 20.3 Å². The van der Waals surface area contributed by atoms with Gasteiger partial charge < -0.3 is 10.1 Å². The molecular formula is C23H20FN5O3. The number of carbonyl (C=O) groups is 2. The maximum Gasteiger partial charge on any atom is 0.421 e. The van der Waals surface area contributed by atoms with Crippen molar-refractivity contribution in [2.45, 2.75) is 31.2 Å². The lowest BCUT2D eigenvalue weighted by Gasteiger charge is -2.29. The number of nitrogens with zero attached hydrogens (tertiary/aromatic N) is 4. The molecule has 2 aromatic heterocycles. The van der Waals surface area contributed by atoms with E-state index in [1.165, 1.54) is 42.9 Å². The number of amides is 2. The maximum absolute atomic E-state index is 13.2. The van der Waals surface area contributed by atoms with E-state index in [1.54, 1.807) is 4.90 Å². The number of aryl methyl sites for hydroxylation is 1. The van der Waals surface area contributed by atoms with Crippen LogP contribution in [0.25, 0.3) is 0 Å². The summed E-state index contributed by atoms with van der Waals surface area (Å²) >= 11 is 0. The minimum Gasteiger partial charge on any atom is -0.391 e. The Hall–Kier alpha value is -3.88. The van der Waals surface area contributed by atoms with Crippen LogP contribution in [0.3, 0.4) is 0 Å². The van der Waals surface area contributed by atoms with Crippen LogP contribution >= 0.6 is 0 Å². The molecule has 0 saturated heterocycles. The molecule has 5 rings (SSSR count). The second-order valence-corrected chi connectivity index (χ2v) is 7.88. The molecule has 0 bridgehead atoms. The topological polar surface area (TPSA) is 97.3 Å². The van der Waals surface area contributed by atoms with Crippen molar-refractivity contribution in [1.29, 1.82) is 0 Å². The summed E-state index contributed by atoms with van der Waals surface area (Å²) in [6.45, 7) is 0.518. The summed E-state index contributed by atoms with van der Waals surface area (Å²) in [7, 11) is 0. The van der Waals surface area contributed by atoms with E-state index >= 15 is 0 Å². The van der Waals surface area contributed by atoms with Crippen LogP contribution in [0.15, 0.2) is 55.0 Å². The number of nitrogens with one attached hydrogen (secondary N) is 1. The van der Waals surface area contributed by atoms with Crippen molar-refractivity contribution in [3.8, 4) is 5.88 Å². The third-order valence-corrected chi connectivity index (χ3v) is 5.70. The molecule has 3 aromatic rings. The lowest BCUT2D eigenvalue weighted by Crippen LogP contribution is -2.39. The van der Waals surface area contributed by atoms with Gasteiger partial charge in [-0.2, -0.15) is 0 Å². The molecule has 32 heavy (non-hydrogen) atoms. The quantitative estimate of drug-likeness (QED) is 0.678. The fourth-order valence-electron chi connectivity index (χ4n) is 3.85. The maximum atomic E-state index is 13.2. The van der Waals surface area contributed by atoms with Crippen LogP contribution in [-0.2, 0) is 12.0 Å². The molecule has 8 nitrogen and oxygen atoms in total. The van der Waals surface area contributed by atoms with Crippen molar-refractivity contribution in [2.75, 3.05) is 11.4 Å². The van der Waals surface area contributed by atoms with E-state index in [0.29, 0.717) is 17.8 Å². The predicted octanol–water partition coefficient (Wildman–Crippen LogP) is 3.38. The molecule has 1 aliphatic heterocycles. The third-order valence-electron chi connectivity index (χ3n) is 5.70. The molecule has 1 fully saturated rings. The van der Waals surface area contributed by atoms with Gasteiger partial charge in [0.25, 0.3) is 5.91 Å². The predicted molar refractivity (Wildman–Crippen MR) is 113 cm³/mol. The van der Waals surface area contributed by atoms with Crippen molar-refractivity contribution in [2.24, 2.45) is 0 Å². The number of rotatable bonds is 4. The Balaban J connectivity index is 1.34. The van der Waals surface area contributed by atoms with Crippen LogP contribution in [0.5, 0.6) is 5.88 Å². The molecule has 1 aromatic carbocycles. The van der Waals surface area contributed by atoms with Crippen LogP contribution in [0, 0.1) is 5.82 Å². The van der Waals surface area contributed by atoms with Gasteiger partial charge in [0.1, 0.15) is 12.1 Å². The highest BCUT2D eigenvalue weighted by Crippen LogP contribution is 2.45. The van der Waals surface area contributed by atoms with Crippen LogP contribution in [0.2, 0.25) is 0 Å². The normalized spacial score (nSPS) is 16.1. The number of ether oxygens (including phenoxy) is 1. The average molecular weight is 433 g/mol. The van der Waals surface area contributed by atoms with Gasteiger partial charge in [-0.3, -0.25) is 14.7 Å². The molecule has 1 saturated carbocycles. The third kappa shape index (κ3) is 3.89. The zero-order chi connectivity index (χ0) is 22.1. The van der Waals surface area contributed by atoms with Gasteiger partial charge in [0.05, 0.1) is 22.6 Å². The van der Waals surface area contributed by atoms with E-state index < -0.39 is 11.6 Å². The Morgan fingerprint density at radius 3 is 2.62 bits per heavy atom. The van der Waals surface area contributed by atoms with Gasteiger partial charge in [0, 0.05) is 24.4 Å². The SMILES string of the molecule is O=C(NC1(c2ccc3c(n2)CCCN3C(=O)Oc2ccncn2)CC1)c1ccc(F)cc1. The second kappa shape index (κ2) is 7.99. The average Bonchev–Trinajstić information content (AvgIpc) is 3.60. The number of benzene rings is 1. The number of hydrogen-bond donors (Lipinski definition) is 1. The largest absolute Gasteiger partial charge is 0.421 e. The van der Waals surface area contributed by atoms with Crippen LogP contribution in [0.1, 0.15) is 41.0 Å². The molecule has 0 radical (unpaired) electrons. The summed E-state index contributed by atoms with van der Waals surface area (Å²) in [6, 6.07) is 10.7. The first kappa shape index (κ1) is 20.0. The number of carbonyl (C=O) groups excluding carboxylic acids is 2. The van der Waals surface area contributed by atoms with Crippen LogP contribution in [0.4, 0.5) is 14.9 Å². The van der Waals surface area contributed by atoms with E-state index in [9.17, 15) is 14.0 Å². The molecule has 2 amide bonds. The second-order valence-electron chi connectivity index (χ2n) is 7.88. The van der Waals surface area contributed by atoms with Crippen molar-refractivity contribution in [3.05, 3.63) is 77.8 Å². The number of halogens is 1. The summed E-state index contributed by atoms with van der Waals surface area (Å²) in [4.78, 5) is 39.4. The summed E-state index contributed by atoms with van der Waals surface area (Å²) < 4.78 is 18.5. The molecule has 2 aliphatic rings.